The first-order chi connectivity index (χ1) is 15.5. The molecule has 1 saturated heterocycles. The van der Waals surface area contributed by atoms with E-state index in [4.69, 9.17) is 22.1 Å². The zero-order valence-corrected chi connectivity index (χ0v) is 19.6. The van der Waals surface area contributed by atoms with Crippen molar-refractivity contribution in [3.8, 4) is 22.7 Å². The van der Waals surface area contributed by atoms with Crippen molar-refractivity contribution in [2.45, 2.75) is 13.8 Å². The Bertz CT molecular complexity index is 1220. The molecule has 1 fully saturated rings. The van der Waals surface area contributed by atoms with Crippen molar-refractivity contribution >= 4 is 40.3 Å². The minimum Gasteiger partial charge on any atom is -0.494 e. The number of hydrogen-bond donors (Lipinski definition) is 0. The molecule has 0 bridgehead atoms. The number of nitrogens with zero attached hydrogens (tertiary/aromatic N) is 3. The molecule has 1 aliphatic rings. The number of thiocarbonyl (C=S) groups is 1. The second-order valence-electron chi connectivity index (χ2n) is 7.21. The molecular weight excluding hydrogens is 438 g/mol. The molecule has 0 unspecified atom stereocenters. The van der Waals surface area contributed by atoms with Gasteiger partial charge in [0.05, 0.1) is 17.2 Å². The van der Waals surface area contributed by atoms with Crippen molar-refractivity contribution in [1.29, 1.82) is 0 Å². The highest BCUT2D eigenvalue weighted by Gasteiger charge is 2.31. The van der Waals surface area contributed by atoms with Crippen LogP contribution in [0, 0.1) is 6.92 Å². The van der Waals surface area contributed by atoms with Crippen LogP contribution in [0.5, 0.6) is 5.75 Å². The first kappa shape index (κ1) is 22.0. The van der Waals surface area contributed by atoms with Crippen molar-refractivity contribution in [1.82, 2.24) is 14.7 Å². The van der Waals surface area contributed by atoms with Crippen LogP contribution in [0.15, 0.2) is 72.3 Å². The number of carbonyl (C=O) groups excluding carboxylic acids is 1. The van der Waals surface area contributed by atoms with E-state index in [9.17, 15) is 4.79 Å². The van der Waals surface area contributed by atoms with Gasteiger partial charge in [0, 0.05) is 23.9 Å². The minimum atomic E-state index is -0.110. The maximum atomic E-state index is 12.9. The number of benzene rings is 2. The smallest absolute Gasteiger partial charge is 0.266 e. The van der Waals surface area contributed by atoms with Gasteiger partial charge in [0.25, 0.3) is 5.91 Å². The summed E-state index contributed by atoms with van der Waals surface area (Å²) in [6.07, 6.45) is 5.49. The molecular formula is C25H23N3O2S2. The highest BCUT2D eigenvalue weighted by atomic mass is 32.2. The third-order valence-corrected chi connectivity index (χ3v) is 6.36. The van der Waals surface area contributed by atoms with Gasteiger partial charge < -0.3 is 4.74 Å². The summed E-state index contributed by atoms with van der Waals surface area (Å²) < 4.78 is 8.05. The van der Waals surface area contributed by atoms with Crippen molar-refractivity contribution in [2.75, 3.05) is 13.2 Å². The number of aromatic nitrogens is 2. The molecule has 3 aromatic rings. The van der Waals surface area contributed by atoms with Crippen LogP contribution in [0.4, 0.5) is 0 Å². The molecule has 7 heteroatoms. The molecule has 4 rings (SSSR count). The second kappa shape index (κ2) is 9.54. The maximum absolute atomic E-state index is 12.9. The first-order valence-electron chi connectivity index (χ1n) is 10.3. The maximum Gasteiger partial charge on any atom is 0.266 e. The summed E-state index contributed by atoms with van der Waals surface area (Å²) in [5.74, 6) is 0.742. The van der Waals surface area contributed by atoms with Gasteiger partial charge >= 0.3 is 0 Å². The van der Waals surface area contributed by atoms with Crippen molar-refractivity contribution in [3.63, 3.8) is 0 Å². The summed E-state index contributed by atoms with van der Waals surface area (Å²) in [5, 5.41) is 4.86. The Morgan fingerprint density at radius 1 is 1.22 bits per heavy atom. The van der Waals surface area contributed by atoms with Gasteiger partial charge in [-0.2, -0.15) is 5.10 Å². The van der Waals surface area contributed by atoms with Crippen molar-refractivity contribution in [2.24, 2.45) is 0 Å². The SMILES string of the molecule is C=CCN1C(=O)C(=Cc2cn(-c3ccccc3)nc2-c2ccc(OCC)c(C)c2)SC1=S. The van der Waals surface area contributed by atoms with Crippen LogP contribution in [0.2, 0.25) is 0 Å². The molecule has 0 radical (unpaired) electrons. The molecule has 5 nitrogen and oxygen atoms in total. The van der Waals surface area contributed by atoms with Gasteiger partial charge in [0.2, 0.25) is 0 Å². The summed E-state index contributed by atoms with van der Waals surface area (Å²) in [4.78, 5) is 15.0. The molecule has 0 saturated carbocycles. The van der Waals surface area contributed by atoms with Gasteiger partial charge in [-0.05, 0) is 55.8 Å². The summed E-state index contributed by atoms with van der Waals surface area (Å²) >= 11 is 6.69. The second-order valence-corrected chi connectivity index (χ2v) is 8.88. The molecule has 2 aromatic carbocycles. The fourth-order valence-electron chi connectivity index (χ4n) is 3.47. The lowest BCUT2D eigenvalue weighted by atomic mass is 10.0. The van der Waals surface area contributed by atoms with Crippen LogP contribution in [-0.2, 0) is 4.79 Å². The van der Waals surface area contributed by atoms with Crippen molar-refractivity contribution < 1.29 is 9.53 Å². The Labute approximate surface area is 197 Å². The van der Waals surface area contributed by atoms with E-state index in [0.717, 1.165) is 33.8 Å². The number of thioether (sulfide) groups is 1. The lowest BCUT2D eigenvalue weighted by Gasteiger charge is -2.10. The fraction of sp³-hybridized carbons (Fsp3) is 0.160. The Morgan fingerprint density at radius 2 is 2.00 bits per heavy atom. The number of ether oxygens (including phenoxy) is 1. The van der Waals surface area contributed by atoms with Crippen LogP contribution in [0.3, 0.4) is 0 Å². The van der Waals surface area contributed by atoms with E-state index in [1.807, 2.05) is 73.3 Å². The summed E-state index contributed by atoms with van der Waals surface area (Å²) in [6.45, 7) is 8.71. The van der Waals surface area contributed by atoms with Crippen molar-refractivity contribution in [3.05, 3.63) is 83.4 Å². The molecule has 1 amide bonds. The Hall–Kier alpha value is -3.16. The zero-order chi connectivity index (χ0) is 22.7. The topological polar surface area (TPSA) is 47.4 Å². The molecule has 1 aliphatic heterocycles. The highest BCUT2D eigenvalue weighted by Crippen LogP contribution is 2.35. The van der Waals surface area contributed by atoms with E-state index in [0.29, 0.717) is 22.4 Å². The van der Waals surface area contributed by atoms with Gasteiger partial charge in [-0.1, -0.05) is 48.3 Å². The van der Waals surface area contributed by atoms with E-state index in [-0.39, 0.29) is 5.91 Å². The van der Waals surface area contributed by atoms with Crippen LogP contribution < -0.4 is 4.74 Å². The van der Waals surface area contributed by atoms with E-state index < -0.39 is 0 Å². The predicted molar refractivity (Wildman–Crippen MR) is 135 cm³/mol. The number of carbonyl (C=O) groups is 1. The number of aryl methyl sites for hydroxylation is 1. The number of amides is 1. The number of para-hydroxylation sites is 1. The molecule has 0 aliphatic carbocycles. The quantitative estimate of drug-likeness (QED) is 0.259. The third-order valence-electron chi connectivity index (χ3n) is 4.98. The Morgan fingerprint density at radius 3 is 2.69 bits per heavy atom. The van der Waals surface area contributed by atoms with Gasteiger partial charge in [-0.25, -0.2) is 4.68 Å². The van der Waals surface area contributed by atoms with Gasteiger partial charge in [0.15, 0.2) is 0 Å². The molecule has 162 valence electrons. The van der Waals surface area contributed by atoms with Gasteiger partial charge in [0.1, 0.15) is 15.8 Å². The van der Waals surface area contributed by atoms with Gasteiger partial charge in [-0.15, -0.1) is 6.58 Å². The highest BCUT2D eigenvalue weighted by molar-refractivity contribution is 8.26. The lowest BCUT2D eigenvalue weighted by molar-refractivity contribution is -0.121. The summed E-state index contributed by atoms with van der Waals surface area (Å²) in [6, 6.07) is 15.9. The minimum absolute atomic E-state index is 0.110. The van der Waals surface area contributed by atoms with E-state index in [1.165, 1.54) is 11.8 Å². The molecule has 0 N–H and O–H groups in total. The number of hydrogen-bond acceptors (Lipinski definition) is 5. The average molecular weight is 462 g/mol. The summed E-state index contributed by atoms with van der Waals surface area (Å²) in [5.41, 5.74) is 4.55. The standard InChI is InChI=1S/C25H23N3O2S2/c1-4-13-27-24(29)22(32-25(27)31)15-19-16-28(20-9-7-6-8-10-20)26-23(19)18-11-12-21(30-5-2)17(3)14-18/h4,6-12,14-16H,1,5,13H2,2-3H3. The predicted octanol–water partition coefficient (Wildman–Crippen LogP) is 5.63. The average Bonchev–Trinajstić information content (AvgIpc) is 3.33. The van der Waals surface area contributed by atoms with E-state index >= 15 is 0 Å². The van der Waals surface area contributed by atoms with Crippen LogP contribution in [0.1, 0.15) is 18.1 Å². The zero-order valence-electron chi connectivity index (χ0n) is 17.9. The van der Waals surface area contributed by atoms with E-state index in [1.54, 1.807) is 11.0 Å². The molecule has 0 spiro atoms. The molecule has 32 heavy (non-hydrogen) atoms. The number of rotatable bonds is 7. The summed E-state index contributed by atoms with van der Waals surface area (Å²) in [7, 11) is 0. The van der Waals surface area contributed by atoms with E-state index in [2.05, 4.69) is 12.6 Å². The van der Waals surface area contributed by atoms with Crippen LogP contribution in [-0.4, -0.2) is 38.1 Å². The lowest BCUT2D eigenvalue weighted by Crippen LogP contribution is -2.27. The fourth-order valence-corrected chi connectivity index (χ4v) is 4.74. The monoisotopic (exact) mass is 461 g/mol. The van der Waals surface area contributed by atoms with Gasteiger partial charge in [-0.3, -0.25) is 9.69 Å². The first-order valence-corrected chi connectivity index (χ1v) is 11.5. The molecule has 2 heterocycles. The largest absolute Gasteiger partial charge is 0.494 e. The third kappa shape index (κ3) is 4.40. The molecule has 1 aromatic heterocycles. The Kier molecular flexibility index (Phi) is 6.58. The van der Waals surface area contributed by atoms with Crippen LogP contribution in [0.25, 0.3) is 23.0 Å². The van der Waals surface area contributed by atoms with Crippen LogP contribution >= 0.6 is 24.0 Å². The Balaban J connectivity index is 1.80. The molecule has 0 atom stereocenters. The normalized spacial score (nSPS) is 14.9.